The maximum absolute atomic E-state index is 12.1. The molecule has 0 aliphatic heterocycles. The standard InChI is InChI=1S/C22H18N2O3S/c23-28(25,26)19-14-8-7-13-18(19)21-22(17-11-5-2-6-12-17)27-20(24-21)15-16-9-3-1-4-10-16/h1-14H,15H2,(H2,23,25,26). The third kappa shape index (κ3) is 3.74. The molecule has 5 nitrogen and oxygen atoms in total. The Kier molecular flexibility index (Phi) is 4.81. The van der Waals surface area contributed by atoms with E-state index in [1.165, 1.54) is 6.07 Å². The molecule has 0 radical (unpaired) electrons. The Hall–Kier alpha value is -3.22. The number of benzene rings is 3. The quantitative estimate of drug-likeness (QED) is 0.552. The zero-order chi connectivity index (χ0) is 19.6. The van der Waals surface area contributed by atoms with Crippen molar-refractivity contribution < 1.29 is 12.8 Å². The lowest BCUT2D eigenvalue weighted by atomic mass is 10.1. The van der Waals surface area contributed by atoms with Gasteiger partial charge in [0.15, 0.2) is 11.7 Å². The van der Waals surface area contributed by atoms with Crippen LogP contribution in [-0.2, 0) is 16.4 Å². The van der Waals surface area contributed by atoms with E-state index in [1.807, 2.05) is 60.7 Å². The van der Waals surface area contributed by atoms with Crippen molar-refractivity contribution in [1.29, 1.82) is 0 Å². The average molecular weight is 390 g/mol. The first-order valence-corrected chi connectivity index (χ1v) is 10.3. The predicted octanol–water partition coefficient (Wildman–Crippen LogP) is 4.25. The summed E-state index contributed by atoms with van der Waals surface area (Å²) >= 11 is 0. The normalized spacial score (nSPS) is 11.5. The van der Waals surface area contributed by atoms with Gasteiger partial charge in [-0.15, -0.1) is 0 Å². The summed E-state index contributed by atoms with van der Waals surface area (Å²) < 4.78 is 30.3. The maximum atomic E-state index is 12.1. The molecular weight excluding hydrogens is 372 g/mol. The topological polar surface area (TPSA) is 86.2 Å². The van der Waals surface area contributed by atoms with Crippen LogP contribution >= 0.6 is 0 Å². The molecular formula is C22H18N2O3S. The molecule has 4 rings (SSSR count). The van der Waals surface area contributed by atoms with Gasteiger partial charge in [0, 0.05) is 17.5 Å². The smallest absolute Gasteiger partial charge is 0.238 e. The first-order chi connectivity index (χ1) is 13.5. The van der Waals surface area contributed by atoms with E-state index < -0.39 is 10.0 Å². The first-order valence-electron chi connectivity index (χ1n) is 8.73. The lowest BCUT2D eigenvalue weighted by Gasteiger charge is -2.06. The molecule has 2 N–H and O–H groups in total. The van der Waals surface area contributed by atoms with Gasteiger partial charge in [0.1, 0.15) is 5.69 Å². The number of nitrogens with zero attached hydrogens (tertiary/aromatic N) is 1. The molecule has 0 aliphatic rings. The lowest BCUT2D eigenvalue weighted by Crippen LogP contribution is -2.13. The molecule has 0 aliphatic carbocycles. The highest BCUT2D eigenvalue weighted by molar-refractivity contribution is 7.89. The highest BCUT2D eigenvalue weighted by atomic mass is 32.2. The van der Waals surface area contributed by atoms with Crippen molar-refractivity contribution in [3.05, 3.63) is 96.4 Å². The van der Waals surface area contributed by atoms with Crippen LogP contribution < -0.4 is 5.14 Å². The van der Waals surface area contributed by atoms with E-state index in [9.17, 15) is 8.42 Å². The molecule has 0 spiro atoms. The van der Waals surface area contributed by atoms with E-state index in [0.29, 0.717) is 29.3 Å². The average Bonchev–Trinajstić information content (AvgIpc) is 3.12. The van der Waals surface area contributed by atoms with Gasteiger partial charge in [-0.05, 0) is 11.6 Å². The minimum atomic E-state index is -3.91. The van der Waals surface area contributed by atoms with Crippen LogP contribution in [0.4, 0.5) is 0 Å². The van der Waals surface area contributed by atoms with Crippen LogP contribution in [0.1, 0.15) is 11.5 Å². The van der Waals surface area contributed by atoms with Crippen LogP contribution in [0, 0.1) is 0 Å². The molecule has 28 heavy (non-hydrogen) atoms. The summed E-state index contributed by atoms with van der Waals surface area (Å²) in [6.07, 6.45) is 0.498. The summed E-state index contributed by atoms with van der Waals surface area (Å²) in [5.41, 5.74) is 2.75. The first kappa shape index (κ1) is 18.2. The fourth-order valence-corrected chi connectivity index (χ4v) is 3.83. The van der Waals surface area contributed by atoms with Crippen LogP contribution in [0.2, 0.25) is 0 Å². The number of hydrogen-bond acceptors (Lipinski definition) is 4. The SMILES string of the molecule is NS(=O)(=O)c1ccccc1-c1nc(Cc2ccccc2)oc1-c1ccccc1. The molecule has 6 heteroatoms. The number of oxazole rings is 1. The van der Waals surface area contributed by atoms with Gasteiger partial charge in [-0.1, -0.05) is 78.9 Å². The largest absolute Gasteiger partial charge is 0.440 e. The monoisotopic (exact) mass is 390 g/mol. The van der Waals surface area contributed by atoms with Gasteiger partial charge >= 0.3 is 0 Å². The van der Waals surface area contributed by atoms with Gasteiger partial charge in [0.2, 0.25) is 10.0 Å². The second-order valence-corrected chi connectivity index (χ2v) is 7.88. The van der Waals surface area contributed by atoms with Gasteiger partial charge < -0.3 is 4.42 Å². The molecule has 3 aromatic carbocycles. The molecule has 0 fully saturated rings. The highest BCUT2D eigenvalue weighted by Crippen LogP contribution is 2.36. The summed E-state index contributed by atoms with van der Waals surface area (Å²) in [7, 11) is -3.91. The zero-order valence-corrected chi connectivity index (χ0v) is 15.8. The molecule has 0 atom stereocenters. The van der Waals surface area contributed by atoms with Crippen molar-refractivity contribution in [3.8, 4) is 22.6 Å². The van der Waals surface area contributed by atoms with Crippen LogP contribution in [0.5, 0.6) is 0 Å². The number of hydrogen-bond donors (Lipinski definition) is 1. The maximum Gasteiger partial charge on any atom is 0.238 e. The molecule has 1 aromatic heterocycles. The van der Waals surface area contributed by atoms with Gasteiger partial charge in [-0.2, -0.15) is 0 Å². The second kappa shape index (κ2) is 7.42. The van der Waals surface area contributed by atoms with Crippen LogP contribution in [0.15, 0.2) is 94.2 Å². The van der Waals surface area contributed by atoms with Crippen molar-refractivity contribution in [2.24, 2.45) is 5.14 Å². The number of primary sulfonamides is 1. The van der Waals surface area contributed by atoms with E-state index in [0.717, 1.165) is 11.1 Å². The van der Waals surface area contributed by atoms with E-state index in [-0.39, 0.29) is 4.90 Å². The molecule has 0 bridgehead atoms. The third-order valence-corrected chi connectivity index (χ3v) is 5.32. The Morgan fingerprint density at radius 3 is 2.11 bits per heavy atom. The van der Waals surface area contributed by atoms with Crippen LogP contribution in [0.25, 0.3) is 22.6 Å². The third-order valence-electron chi connectivity index (χ3n) is 4.35. The molecule has 140 valence electrons. The minimum Gasteiger partial charge on any atom is -0.440 e. The van der Waals surface area contributed by atoms with Gasteiger partial charge in [-0.3, -0.25) is 0 Å². The zero-order valence-electron chi connectivity index (χ0n) is 14.9. The van der Waals surface area contributed by atoms with Crippen LogP contribution in [-0.4, -0.2) is 13.4 Å². The Bertz CT molecular complexity index is 1200. The fourth-order valence-electron chi connectivity index (χ4n) is 3.09. The van der Waals surface area contributed by atoms with Crippen molar-refractivity contribution in [2.75, 3.05) is 0 Å². The number of nitrogens with two attached hydrogens (primary N) is 1. The molecule has 4 aromatic rings. The minimum absolute atomic E-state index is 0.0201. The van der Waals surface area contributed by atoms with E-state index in [2.05, 4.69) is 4.98 Å². The second-order valence-electron chi connectivity index (χ2n) is 6.35. The Labute approximate surface area is 163 Å². The summed E-state index contributed by atoms with van der Waals surface area (Å²) in [5.74, 6) is 1.02. The number of aromatic nitrogens is 1. The Balaban J connectivity index is 1.89. The molecule has 0 amide bonds. The van der Waals surface area contributed by atoms with Crippen molar-refractivity contribution in [3.63, 3.8) is 0 Å². The van der Waals surface area contributed by atoms with E-state index >= 15 is 0 Å². The predicted molar refractivity (Wildman–Crippen MR) is 108 cm³/mol. The van der Waals surface area contributed by atoms with Crippen LogP contribution in [0.3, 0.4) is 0 Å². The number of sulfonamides is 1. The summed E-state index contributed by atoms with van der Waals surface area (Å²) in [6, 6.07) is 25.9. The van der Waals surface area contributed by atoms with E-state index in [1.54, 1.807) is 18.2 Å². The summed E-state index contributed by atoms with van der Waals surface area (Å²) in [6.45, 7) is 0. The van der Waals surface area contributed by atoms with Crippen molar-refractivity contribution in [2.45, 2.75) is 11.3 Å². The highest BCUT2D eigenvalue weighted by Gasteiger charge is 2.23. The van der Waals surface area contributed by atoms with Gasteiger partial charge in [-0.25, -0.2) is 18.5 Å². The van der Waals surface area contributed by atoms with Crippen molar-refractivity contribution in [1.82, 2.24) is 4.98 Å². The fraction of sp³-hybridized carbons (Fsp3) is 0.0455. The number of rotatable bonds is 5. The van der Waals surface area contributed by atoms with Gasteiger partial charge in [0.05, 0.1) is 4.90 Å². The molecule has 1 heterocycles. The summed E-state index contributed by atoms with van der Waals surface area (Å²) in [4.78, 5) is 4.66. The Morgan fingerprint density at radius 1 is 0.821 bits per heavy atom. The molecule has 0 saturated carbocycles. The lowest BCUT2D eigenvalue weighted by molar-refractivity contribution is 0.519. The van der Waals surface area contributed by atoms with Gasteiger partial charge in [0.25, 0.3) is 0 Å². The van der Waals surface area contributed by atoms with E-state index in [4.69, 9.17) is 9.56 Å². The molecule has 0 saturated heterocycles. The Morgan fingerprint density at radius 2 is 1.43 bits per heavy atom. The molecule has 0 unspecified atom stereocenters. The van der Waals surface area contributed by atoms with Crippen molar-refractivity contribution >= 4 is 10.0 Å². The summed E-state index contributed by atoms with van der Waals surface area (Å²) in [5, 5.41) is 5.43.